The lowest BCUT2D eigenvalue weighted by Gasteiger charge is -2.23. The van der Waals surface area contributed by atoms with E-state index in [1.165, 1.54) is 11.2 Å². The van der Waals surface area contributed by atoms with Crippen LogP contribution in [-0.4, -0.2) is 35.4 Å². The summed E-state index contributed by atoms with van der Waals surface area (Å²) < 4.78 is 41.4. The summed E-state index contributed by atoms with van der Waals surface area (Å²) in [6.07, 6.45) is -5.43. The van der Waals surface area contributed by atoms with E-state index < -0.39 is 18.8 Å². The minimum Gasteiger partial charge on any atom is -0.468 e. The van der Waals surface area contributed by atoms with Gasteiger partial charge in [-0.05, 0) is 18.7 Å². The van der Waals surface area contributed by atoms with Crippen LogP contribution in [0.1, 0.15) is 12.7 Å². The zero-order valence-corrected chi connectivity index (χ0v) is 8.87. The summed E-state index contributed by atoms with van der Waals surface area (Å²) in [5.41, 5.74) is 0. The van der Waals surface area contributed by atoms with Gasteiger partial charge in [-0.25, -0.2) is 0 Å². The van der Waals surface area contributed by atoms with Crippen molar-refractivity contribution < 1.29 is 22.7 Å². The van der Waals surface area contributed by atoms with Gasteiger partial charge >= 0.3 is 6.18 Å². The van der Waals surface area contributed by atoms with E-state index in [0.29, 0.717) is 12.3 Å². The highest BCUT2D eigenvalue weighted by Crippen LogP contribution is 2.21. The standard InChI is InChI=1S/C10H14F3NO2/c1-2-14(6-8-4-3-5-16-8)7-9(15)10(11,12)13/h3-5,9,15H,2,6-7H2,1H3. The van der Waals surface area contributed by atoms with Gasteiger partial charge < -0.3 is 9.52 Å². The molecule has 0 aliphatic carbocycles. The summed E-state index contributed by atoms with van der Waals surface area (Å²) >= 11 is 0. The zero-order chi connectivity index (χ0) is 12.2. The molecule has 0 radical (unpaired) electrons. The van der Waals surface area contributed by atoms with Crippen LogP contribution in [0.2, 0.25) is 0 Å². The third kappa shape index (κ3) is 3.86. The molecule has 16 heavy (non-hydrogen) atoms. The Hall–Kier alpha value is -1.01. The molecule has 3 nitrogen and oxygen atoms in total. The molecule has 0 fully saturated rings. The number of hydrogen-bond acceptors (Lipinski definition) is 3. The first-order valence-corrected chi connectivity index (χ1v) is 4.93. The molecule has 1 rings (SSSR count). The Morgan fingerprint density at radius 2 is 2.19 bits per heavy atom. The summed E-state index contributed by atoms with van der Waals surface area (Å²) in [4.78, 5) is 1.47. The van der Waals surface area contributed by atoms with Crippen LogP contribution in [0, 0.1) is 0 Å². The summed E-state index contributed by atoms with van der Waals surface area (Å²) in [7, 11) is 0. The van der Waals surface area contributed by atoms with Crippen molar-refractivity contribution >= 4 is 0 Å². The van der Waals surface area contributed by atoms with Crippen LogP contribution in [0.3, 0.4) is 0 Å². The molecule has 0 amide bonds. The lowest BCUT2D eigenvalue weighted by atomic mass is 10.3. The molecule has 0 aliphatic heterocycles. The molecule has 0 aliphatic rings. The second kappa shape index (κ2) is 5.36. The van der Waals surface area contributed by atoms with E-state index in [-0.39, 0.29) is 6.54 Å². The van der Waals surface area contributed by atoms with Gasteiger partial charge in [0.1, 0.15) is 5.76 Å². The van der Waals surface area contributed by atoms with Crippen molar-refractivity contribution in [2.24, 2.45) is 0 Å². The van der Waals surface area contributed by atoms with Gasteiger partial charge in [0.2, 0.25) is 0 Å². The quantitative estimate of drug-likeness (QED) is 0.851. The molecule has 0 bridgehead atoms. The first-order chi connectivity index (χ1) is 7.43. The summed E-state index contributed by atoms with van der Waals surface area (Å²) in [6, 6.07) is 3.35. The van der Waals surface area contributed by atoms with Crippen molar-refractivity contribution in [3.05, 3.63) is 24.2 Å². The predicted molar refractivity (Wildman–Crippen MR) is 51.7 cm³/mol. The minimum atomic E-state index is -4.57. The molecule has 0 spiro atoms. The molecule has 1 atom stereocenters. The molecule has 0 saturated carbocycles. The van der Waals surface area contributed by atoms with Gasteiger partial charge in [0.15, 0.2) is 6.10 Å². The minimum absolute atomic E-state index is 0.261. The van der Waals surface area contributed by atoms with E-state index in [4.69, 9.17) is 9.52 Å². The van der Waals surface area contributed by atoms with Gasteiger partial charge in [0.25, 0.3) is 0 Å². The number of nitrogens with zero attached hydrogens (tertiary/aromatic N) is 1. The zero-order valence-electron chi connectivity index (χ0n) is 8.87. The van der Waals surface area contributed by atoms with Crippen molar-refractivity contribution in [2.45, 2.75) is 25.7 Å². The molecule has 1 N–H and O–H groups in total. The highest BCUT2D eigenvalue weighted by molar-refractivity contribution is 4.97. The predicted octanol–water partition coefficient (Wildman–Crippen LogP) is 2.02. The molecule has 1 aromatic heterocycles. The molecular weight excluding hydrogens is 223 g/mol. The topological polar surface area (TPSA) is 36.6 Å². The molecule has 0 aromatic carbocycles. The normalized spacial score (nSPS) is 14.4. The fraction of sp³-hybridized carbons (Fsp3) is 0.600. The van der Waals surface area contributed by atoms with Crippen molar-refractivity contribution in [3.8, 4) is 0 Å². The number of rotatable bonds is 5. The average Bonchev–Trinajstić information content (AvgIpc) is 2.67. The lowest BCUT2D eigenvalue weighted by Crippen LogP contribution is -2.40. The van der Waals surface area contributed by atoms with E-state index >= 15 is 0 Å². The Morgan fingerprint density at radius 3 is 2.62 bits per heavy atom. The Kier molecular flexibility index (Phi) is 4.37. The van der Waals surface area contributed by atoms with Crippen LogP contribution in [-0.2, 0) is 6.54 Å². The van der Waals surface area contributed by atoms with Crippen molar-refractivity contribution in [3.63, 3.8) is 0 Å². The van der Waals surface area contributed by atoms with E-state index in [2.05, 4.69) is 0 Å². The Balaban J connectivity index is 2.49. The Morgan fingerprint density at radius 1 is 1.50 bits per heavy atom. The monoisotopic (exact) mass is 237 g/mol. The maximum atomic E-state index is 12.1. The fourth-order valence-corrected chi connectivity index (χ4v) is 1.28. The van der Waals surface area contributed by atoms with Crippen LogP contribution in [0.15, 0.2) is 22.8 Å². The number of likely N-dealkylation sites (N-methyl/N-ethyl adjacent to an activating group) is 1. The van der Waals surface area contributed by atoms with Crippen molar-refractivity contribution in [2.75, 3.05) is 13.1 Å². The van der Waals surface area contributed by atoms with Crippen LogP contribution >= 0.6 is 0 Å². The third-order valence-electron chi connectivity index (χ3n) is 2.22. The SMILES string of the molecule is CCN(Cc1ccco1)CC(O)C(F)(F)F. The second-order valence-electron chi connectivity index (χ2n) is 3.46. The Bertz CT molecular complexity index is 298. The molecule has 1 heterocycles. The van der Waals surface area contributed by atoms with Crippen LogP contribution in [0.25, 0.3) is 0 Å². The van der Waals surface area contributed by atoms with Crippen LogP contribution < -0.4 is 0 Å². The summed E-state index contributed by atoms with van der Waals surface area (Å²) in [5, 5.41) is 8.92. The van der Waals surface area contributed by atoms with Crippen molar-refractivity contribution in [1.29, 1.82) is 0 Å². The van der Waals surface area contributed by atoms with Crippen molar-refractivity contribution in [1.82, 2.24) is 4.90 Å². The first-order valence-electron chi connectivity index (χ1n) is 4.93. The second-order valence-corrected chi connectivity index (χ2v) is 3.46. The molecule has 92 valence electrons. The maximum Gasteiger partial charge on any atom is 0.415 e. The van der Waals surface area contributed by atoms with Gasteiger partial charge in [-0.3, -0.25) is 4.90 Å². The van der Waals surface area contributed by atoms with Gasteiger partial charge in [0.05, 0.1) is 12.8 Å². The van der Waals surface area contributed by atoms with Gasteiger partial charge in [-0.2, -0.15) is 13.2 Å². The highest BCUT2D eigenvalue weighted by Gasteiger charge is 2.38. The first kappa shape index (κ1) is 13.1. The number of halogens is 3. The number of hydrogen-bond donors (Lipinski definition) is 1. The van der Waals surface area contributed by atoms with Gasteiger partial charge in [-0.1, -0.05) is 6.92 Å². The smallest absolute Gasteiger partial charge is 0.415 e. The Labute approximate surface area is 91.5 Å². The van der Waals surface area contributed by atoms with E-state index in [1.807, 2.05) is 0 Å². The number of alkyl halides is 3. The fourth-order valence-electron chi connectivity index (χ4n) is 1.28. The number of aliphatic hydroxyl groups is 1. The van der Waals surface area contributed by atoms with E-state index in [1.54, 1.807) is 19.1 Å². The highest BCUT2D eigenvalue weighted by atomic mass is 19.4. The molecule has 1 aromatic rings. The maximum absolute atomic E-state index is 12.1. The number of furan rings is 1. The molecule has 1 unspecified atom stereocenters. The third-order valence-corrected chi connectivity index (χ3v) is 2.22. The molecule has 0 saturated heterocycles. The van der Waals surface area contributed by atoms with Crippen LogP contribution in [0.4, 0.5) is 13.2 Å². The number of aliphatic hydroxyl groups excluding tert-OH is 1. The lowest BCUT2D eigenvalue weighted by molar-refractivity contribution is -0.208. The largest absolute Gasteiger partial charge is 0.468 e. The van der Waals surface area contributed by atoms with Gasteiger partial charge in [0, 0.05) is 6.54 Å². The van der Waals surface area contributed by atoms with Gasteiger partial charge in [-0.15, -0.1) is 0 Å². The summed E-state index contributed by atoms with van der Waals surface area (Å²) in [5.74, 6) is 0.580. The average molecular weight is 237 g/mol. The van der Waals surface area contributed by atoms with E-state index in [0.717, 1.165) is 0 Å². The van der Waals surface area contributed by atoms with Crippen LogP contribution in [0.5, 0.6) is 0 Å². The summed E-state index contributed by atoms with van der Waals surface area (Å²) in [6.45, 7) is 1.96. The van der Waals surface area contributed by atoms with E-state index in [9.17, 15) is 13.2 Å². The molecule has 6 heteroatoms. The molecular formula is C10H14F3NO2.